The fourth-order valence-corrected chi connectivity index (χ4v) is 1.73. The lowest BCUT2D eigenvalue weighted by Crippen LogP contribution is -2.30. The van der Waals surface area contributed by atoms with Crippen LogP contribution in [0.4, 0.5) is 0 Å². The molecule has 0 aliphatic carbocycles. The van der Waals surface area contributed by atoms with Crippen molar-refractivity contribution < 1.29 is 19.1 Å². The zero-order valence-electron chi connectivity index (χ0n) is 11.5. The molecule has 6 nitrogen and oxygen atoms in total. The SMILES string of the molecule is COC(=O)C(CNCCOCC(N)=O)c1ccccc1. The quantitative estimate of drug-likeness (QED) is 0.492. The molecule has 1 aromatic rings. The summed E-state index contributed by atoms with van der Waals surface area (Å²) in [6, 6.07) is 9.41. The van der Waals surface area contributed by atoms with Gasteiger partial charge in [0.25, 0.3) is 0 Å². The summed E-state index contributed by atoms with van der Waals surface area (Å²) in [6.45, 7) is 1.22. The van der Waals surface area contributed by atoms with E-state index in [2.05, 4.69) is 5.32 Å². The Balaban J connectivity index is 2.39. The first kappa shape index (κ1) is 16.1. The molecular formula is C14H20N2O4. The average molecular weight is 280 g/mol. The van der Waals surface area contributed by atoms with Gasteiger partial charge in [0.15, 0.2) is 0 Å². The third kappa shape index (κ3) is 5.81. The fraction of sp³-hybridized carbons (Fsp3) is 0.429. The molecule has 6 heteroatoms. The second-order valence-electron chi connectivity index (χ2n) is 4.21. The molecule has 0 radical (unpaired) electrons. The van der Waals surface area contributed by atoms with Gasteiger partial charge in [0.2, 0.25) is 5.91 Å². The van der Waals surface area contributed by atoms with Crippen LogP contribution in [-0.4, -0.2) is 45.3 Å². The van der Waals surface area contributed by atoms with Crippen LogP contribution in [0.25, 0.3) is 0 Å². The van der Waals surface area contributed by atoms with Gasteiger partial charge in [-0.25, -0.2) is 0 Å². The van der Waals surface area contributed by atoms with Crippen LogP contribution in [0.2, 0.25) is 0 Å². The lowest BCUT2D eigenvalue weighted by molar-refractivity contribution is -0.142. The number of esters is 1. The van der Waals surface area contributed by atoms with Crippen molar-refractivity contribution in [2.45, 2.75) is 5.92 Å². The molecular weight excluding hydrogens is 260 g/mol. The van der Waals surface area contributed by atoms with E-state index in [1.54, 1.807) is 0 Å². The molecule has 110 valence electrons. The molecule has 1 atom stereocenters. The first-order chi connectivity index (χ1) is 9.65. The molecule has 3 N–H and O–H groups in total. The van der Waals surface area contributed by atoms with Gasteiger partial charge in [-0.1, -0.05) is 30.3 Å². The minimum absolute atomic E-state index is 0.0964. The van der Waals surface area contributed by atoms with Crippen LogP contribution in [0, 0.1) is 0 Å². The lowest BCUT2D eigenvalue weighted by atomic mass is 9.99. The first-order valence-corrected chi connectivity index (χ1v) is 6.34. The zero-order valence-corrected chi connectivity index (χ0v) is 11.5. The van der Waals surface area contributed by atoms with Crippen LogP contribution in [-0.2, 0) is 19.1 Å². The molecule has 0 aliphatic heterocycles. The van der Waals surface area contributed by atoms with Crippen molar-refractivity contribution >= 4 is 11.9 Å². The normalized spacial score (nSPS) is 11.8. The summed E-state index contributed by atoms with van der Waals surface area (Å²) in [5, 5.41) is 3.09. The highest BCUT2D eigenvalue weighted by atomic mass is 16.5. The smallest absolute Gasteiger partial charge is 0.314 e. The van der Waals surface area contributed by atoms with Crippen LogP contribution < -0.4 is 11.1 Å². The molecule has 0 aliphatic rings. The third-order valence-corrected chi connectivity index (χ3v) is 2.70. The molecule has 0 fully saturated rings. The van der Waals surface area contributed by atoms with Crippen molar-refractivity contribution in [1.29, 1.82) is 0 Å². The van der Waals surface area contributed by atoms with Gasteiger partial charge in [0, 0.05) is 13.1 Å². The molecule has 1 unspecified atom stereocenters. The van der Waals surface area contributed by atoms with Gasteiger partial charge in [0.05, 0.1) is 19.6 Å². The van der Waals surface area contributed by atoms with Gasteiger partial charge in [-0.3, -0.25) is 9.59 Å². The van der Waals surface area contributed by atoms with Crippen molar-refractivity contribution in [2.24, 2.45) is 5.73 Å². The number of hydrogen-bond donors (Lipinski definition) is 2. The number of hydrogen-bond acceptors (Lipinski definition) is 5. The molecule has 0 spiro atoms. The van der Waals surface area contributed by atoms with Gasteiger partial charge >= 0.3 is 5.97 Å². The number of methoxy groups -OCH3 is 1. The Morgan fingerprint density at radius 1 is 1.30 bits per heavy atom. The van der Waals surface area contributed by atoms with Crippen molar-refractivity contribution in [3.63, 3.8) is 0 Å². The highest BCUT2D eigenvalue weighted by Gasteiger charge is 2.20. The highest BCUT2D eigenvalue weighted by Crippen LogP contribution is 2.15. The molecule has 0 aromatic heterocycles. The van der Waals surface area contributed by atoms with Crippen LogP contribution in [0.5, 0.6) is 0 Å². The van der Waals surface area contributed by atoms with Gasteiger partial charge < -0.3 is 20.5 Å². The minimum atomic E-state index is -0.498. The molecule has 0 heterocycles. The van der Waals surface area contributed by atoms with E-state index in [1.165, 1.54) is 7.11 Å². The maximum absolute atomic E-state index is 11.8. The van der Waals surface area contributed by atoms with Crippen LogP contribution in [0.3, 0.4) is 0 Å². The number of nitrogens with two attached hydrogens (primary N) is 1. The highest BCUT2D eigenvalue weighted by molar-refractivity contribution is 5.78. The second kappa shape index (κ2) is 9.06. The van der Waals surface area contributed by atoms with E-state index in [0.29, 0.717) is 19.7 Å². The van der Waals surface area contributed by atoms with E-state index in [1.807, 2.05) is 30.3 Å². The topological polar surface area (TPSA) is 90.7 Å². The van der Waals surface area contributed by atoms with Crippen molar-refractivity contribution in [1.82, 2.24) is 5.32 Å². The second-order valence-corrected chi connectivity index (χ2v) is 4.21. The summed E-state index contributed by atoms with van der Waals surface area (Å²) >= 11 is 0. The zero-order chi connectivity index (χ0) is 14.8. The van der Waals surface area contributed by atoms with Gasteiger partial charge in [-0.05, 0) is 5.56 Å². The van der Waals surface area contributed by atoms with E-state index in [4.69, 9.17) is 15.2 Å². The summed E-state index contributed by atoms with van der Waals surface area (Å²) in [7, 11) is 1.37. The third-order valence-electron chi connectivity index (χ3n) is 2.70. The molecule has 20 heavy (non-hydrogen) atoms. The first-order valence-electron chi connectivity index (χ1n) is 6.34. The van der Waals surface area contributed by atoms with Crippen LogP contribution >= 0.6 is 0 Å². The molecule has 0 saturated carbocycles. The van der Waals surface area contributed by atoms with Crippen molar-refractivity contribution in [3.05, 3.63) is 35.9 Å². The Bertz CT molecular complexity index is 422. The summed E-state index contributed by atoms with van der Waals surface area (Å²) in [5.74, 6) is -1.15. The van der Waals surface area contributed by atoms with Gasteiger partial charge in [0.1, 0.15) is 6.61 Å². The molecule has 1 rings (SSSR count). The summed E-state index contributed by atoms with van der Waals surface area (Å²) in [6.07, 6.45) is 0. The molecule has 1 aromatic carbocycles. The summed E-state index contributed by atoms with van der Waals surface area (Å²) in [4.78, 5) is 22.2. The molecule has 1 amide bonds. The number of carbonyl (C=O) groups excluding carboxylic acids is 2. The number of nitrogens with one attached hydrogen (secondary N) is 1. The largest absolute Gasteiger partial charge is 0.469 e. The number of ether oxygens (including phenoxy) is 2. The molecule has 0 saturated heterocycles. The van der Waals surface area contributed by atoms with E-state index in [9.17, 15) is 9.59 Å². The lowest BCUT2D eigenvalue weighted by Gasteiger charge is -2.15. The van der Waals surface area contributed by atoms with Crippen molar-refractivity contribution in [2.75, 3.05) is 33.4 Å². The monoisotopic (exact) mass is 280 g/mol. The van der Waals surface area contributed by atoms with Crippen LogP contribution in [0.15, 0.2) is 30.3 Å². The molecule has 0 bridgehead atoms. The predicted octanol–water partition coefficient (Wildman–Crippen LogP) is 0.0347. The Labute approximate surface area is 118 Å². The average Bonchev–Trinajstić information content (AvgIpc) is 2.46. The standard InChI is InChI=1S/C14H20N2O4/c1-19-14(18)12(11-5-3-2-4-6-11)9-16-7-8-20-10-13(15)17/h2-6,12,16H,7-10H2,1H3,(H2,15,17). The Hall–Kier alpha value is -1.92. The fourth-order valence-electron chi connectivity index (χ4n) is 1.73. The maximum Gasteiger partial charge on any atom is 0.314 e. The van der Waals surface area contributed by atoms with E-state index < -0.39 is 5.91 Å². The van der Waals surface area contributed by atoms with E-state index >= 15 is 0 Å². The van der Waals surface area contributed by atoms with Crippen molar-refractivity contribution in [3.8, 4) is 0 Å². The van der Waals surface area contributed by atoms with E-state index in [-0.39, 0.29) is 18.5 Å². The Kier molecular flexibility index (Phi) is 7.31. The minimum Gasteiger partial charge on any atom is -0.469 e. The number of rotatable bonds is 9. The number of amides is 1. The number of primary amides is 1. The van der Waals surface area contributed by atoms with Gasteiger partial charge in [-0.15, -0.1) is 0 Å². The Morgan fingerprint density at radius 2 is 2.00 bits per heavy atom. The predicted molar refractivity (Wildman–Crippen MR) is 74.1 cm³/mol. The summed E-state index contributed by atoms with van der Waals surface area (Å²) in [5.41, 5.74) is 5.84. The maximum atomic E-state index is 11.8. The number of carbonyl (C=O) groups is 2. The number of benzene rings is 1. The van der Waals surface area contributed by atoms with Gasteiger partial charge in [-0.2, -0.15) is 0 Å². The Morgan fingerprint density at radius 3 is 2.60 bits per heavy atom. The van der Waals surface area contributed by atoms with E-state index in [0.717, 1.165) is 5.56 Å². The van der Waals surface area contributed by atoms with Crippen LogP contribution in [0.1, 0.15) is 11.5 Å². The summed E-state index contributed by atoms with van der Waals surface area (Å²) < 4.78 is 9.82.